The van der Waals surface area contributed by atoms with Gasteiger partial charge in [0.2, 0.25) is 0 Å². The fourth-order valence-corrected chi connectivity index (χ4v) is 3.84. The second-order valence-corrected chi connectivity index (χ2v) is 7.47. The standard InChI is InChI=1S/C21H21NO4S/c1-15-5-3-4-6-20(15)27(24)14-18-11-12-19(26-18)21(23)22-13-16-7-9-17(25-2)10-8-16/h3-12H,13-14H2,1-2H3,(H,22,23)/t27-/m1/s1. The minimum atomic E-state index is -1.22. The van der Waals surface area contributed by atoms with Gasteiger partial charge in [0.25, 0.3) is 5.91 Å². The minimum Gasteiger partial charge on any atom is -0.497 e. The second kappa shape index (κ2) is 8.68. The Morgan fingerprint density at radius 2 is 1.81 bits per heavy atom. The van der Waals surface area contributed by atoms with Crippen LogP contribution in [0.5, 0.6) is 5.75 Å². The number of benzene rings is 2. The van der Waals surface area contributed by atoms with Gasteiger partial charge in [-0.1, -0.05) is 30.3 Å². The normalized spacial score (nSPS) is 11.8. The highest BCUT2D eigenvalue weighted by Crippen LogP contribution is 2.18. The van der Waals surface area contributed by atoms with Gasteiger partial charge in [-0.3, -0.25) is 9.00 Å². The molecule has 0 saturated heterocycles. The summed E-state index contributed by atoms with van der Waals surface area (Å²) in [6.45, 7) is 2.31. The van der Waals surface area contributed by atoms with E-state index in [1.165, 1.54) is 0 Å². The summed E-state index contributed by atoms with van der Waals surface area (Å²) in [5.41, 5.74) is 1.93. The van der Waals surface area contributed by atoms with Gasteiger partial charge in [0.1, 0.15) is 11.5 Å². The first-order valence-corrected chi connectivity index (χ1v) is 9.82. The Bertz CT molecular complexity index is 947. The van der Waals surface area contributed by atoms with Crippen LogP contribution in [0.4, 0.5) is 0 Å². The molecule has 1 aromatic heterocycles. The summed E-state index contributed by atoms with van der Waals surface area (Å²) in [5, 5.41) is 2.81. The SMILES string of the molecule is COc1ccc(CNC(=O)c2ccc(C[S@@](=O)c3ccccc3C)o2)cc1. The lowest BCUT2D eigenvalue weighted by Gasteiger charge is -2.05. The molecule has 0 unspecified atom stereocenters. The lowest BCUT2D eigenvalue weighted by atomic mass is 10.2. The number of ether oxygens (including phenoxy) is 1. The maximum atomic E-state index is 12.5. The molecular formula is C21H21NO4S. The molecule has 2 aromatic carbocycles. The largest absolute Gasteiger partial charge is 0.497 e. The summed E-state index contributed by atoms with van der Waals surface area (Å²) < 4.78 is 23.2. The molecule has 1 amide bonds. The van der Waals surface area contributed by atoms with Gasteiger partial charge in [-0.25, -0.2) is 0 Å². The first-order valence-electron chi connectivity index (χ1n) is 8.50. The maximum absolute atomic E-state index is 12.5. The molecule has 0 bridgehead atoms. The van der Waals surface area contributed by atoms with Crippen LogP contribution in [0.2, 0.25) is 0 Å². The maximum Gasteiger partial charge on any atom is 0.287 e. The Hall–Kier alpha value is -2.86. The van der Waals surface area contributed by atoms with E-state index in [1.54, 1.807) is 19.2 Å². The Balaban J connectivity index is 1.58. The van der Waals surface area contributed by atoms with Crippen LogP contribution in [0.25, 0.3) is 0 Å². The molecule has 1 atom stereocenters. The average molecular weight is 383 g/mol. The molecule has 1 N–H and O–H groups in total. The molecule has 0 saturated carbocycles. The molecule has 3 rings (SSSR count). The van der Waals surface area contributed by atoms with Crippen molar-refractivity contribution in [3.8, 4) is 5.75 Å². The molecular weight excluding hydrogens is 362 g/mol. The van der Waals surface area contributed by atoms with Gasteiger partial charge in [0, 0.05) is 11.4 Å². The number of furan rings is 1. The van der Waals surface area contributed by atoms with Crippen molar-refractivity contribution in [2.75, 3.05) is 7.11 Å². The van der Waals surface area contributed by atoms with Gasteiger partial charge >= 0.3 is 0 Å². The van der Waals surface area contributed by atoms with Crippen molar-refractivity contribution in [1.82, 2.24) is 5.32 Å². The van der Waals surface area contributed by atoms with Crippen molar-refractivity contribution >= 4 is 16.7 Å². The molecule has 0 fully saturated rings. The van der Waals surface area contributed by atoms with Gasteiger partial charge < -0.3 is 14.5 Å². The summed E-state index contributed by atoms with van der Waals surface area (Å²) in [6.07, 6.45) is 0. The number of hydrogen-bond acceptors (Lipinski definition) is 4. The average Bonchev–Trinajstić information content (AvgIpc) is 3.15. The summed E-state index contributed by atoms with van der Waals surface area (Å²) in [6, 6.07) is 18.3. The van der Waals surface area contributed by atoms with E-state index in [-0.39, 0.29) is 17.4 Å². The highest BCUT2D eigenvalue weighted by Gasteiger charge is 2.14. The third kappa shape index (κ3) is 4.86. The number of aryl methyl sites for hydroxylation is 1. The number of hydrogen-bond donors (Lipinski definition) is 1. The predicted molar refractivity (Wildman–Crippen MR) is 104 cm³/mol. The number of rotatable bonds is 7. The topological polar surface area (TPSA) is 68.5 Å². The van der Waals surface area contributed by atoms with Gasteiger partial charge in [-0.15, -0.1) is 0 Å². The van der Waals surface area contributed by atoms with E-state index in [2.05, 4.69) is 5.32 Å². The van der Waals surface area contributed by atoms with Crippen LogP contribution in [0, 0.1) is 6.92 Å². The fourth-order valence-electron chi connectivity index (χ4n) is 2.61. The summed E-state index contributed by atoms with van der Waals surface area (Å²) in [7, 11) is 0.389. The number of methoxy groups -OCH3 is 1. The fraction of sp³-hybridized carbons (Fsp3) is 0.190. The van der Waals surface area contributed by atoms with E-state index in [1.807, 2.05) is 55.5 Å². The molecule has 0 aliphatic heterocycles. The molecule has 3 aromatic rings. The molecule has 0 radical (unpaired) electrons. The summed E-state index contributed by atoms with van der Waals surface area (Å²) >= 11 is 0. The van der Waals surface area contributed by atoms with E-state index < -0.39 is 10.8 Å². The smallest absolute Gasteiger partial charge is 0.287 e. The van der Waals surface area contributed by atoms with Crippen molar-refractivity contribution in [3.05, 3.63) is 83.3 Å². The van der Waals surface area contributed by atoms with Crippen LogP contribution in [-0.2, 0) is 23.1 Å². The van der Waals surface area contributed by atoms with Crippen LogP contribution in [0.1, 0.15) is 27.4 Å². The highest BCUT2D eigenvalue weighted by atomic mass is 32.2. The van der Waals surface area contributed by atoms with Crippen LogP contribution in [-0.4, -0.2) is 17.2 Å². The van der Waals surface area contributed by atoms with E-state index in [4.69, 9.17) is 9.15 Å². The van der Waals surface area contributed by atoms with Gasteiger partial charge in [0.05, 0.1) is 23.7 Å². The summed E-state index contributed by atoms with van der Waals surface area (Å²) in [5.74, 6) is 1.42. The van der Waals surface area contributed by atoms with E-state index in [0.29, 0.717) is 12.3 Å². The number of carbonyl (C=O) groups is 1. The Morgan fingerprint density at radius 3 is 2.52 bits per heavy atom. The zero-order valence-electron chi connectivity index (χ0n) is 15.2. The quantitative estimate of drug-likeness (QED) is 0.673. The first-order chi connectivity index (χ1) is 13.1. The van der Waals surface area contributed by atoms with Crippen LogP contribution >= 0.6 is 0 Å². The predicted octanol–water partition coefficient (Wildman–Crippen LogP) is 3.83. The van der Waals surface area contributed by atoms with Crippen LogP contribution < -0.4 is 10.1 Å². The highest BCUT2D eigenvalue weighted by molar-refractivity contribution is 7.84. The zero-order chi connectivity index (χ0) is 19.2. The number of carbonyl (C=O) groups excluding carboxylic acids is 1. The number of nitrogens with one attached hydrogen (secondary N) is 1. The monoisotopic (exact) mass is 383 g/mol. The Kier molecular flexibility index (Phi) is 6.08. The molecule has 0 spiro atoms. The van der Waals surface area contributed by atoms with Crippen LogP contribution in [0.15, 0.2) is 70.0 Å². The van der Waals surface area contributed by atoms with Crippen LogP contribution in [0.3, 0.4) is 0 Å². The molecule has 1 heterocycles. The third-order valence-corrected chi connectivity index (χ3v) is 5.61. The number of amides is 1. The lowest BCUT2D eigenvalue weighted by Crippen LogP contribution is -2.22. The van der Waals surface area contributed by atoms with Crippen molar-refractivity contribution in [3.63, 3.8) is 0 Å². The van der Waals surface area contributed by atoms with Gasteiger partial charge in [0.15, 0.2) is 5.76 Å². The zero-order valence-corrected chi connectivity index (χ0v) is 16.0. The Morgan fingerprint density at radius 1 is 1.07 bits per heavy atom. The molecule has 5 nitrogen and oxygen atoms in total. The molecule has 0 aliphatic carbocycles. The molecule has 140 valence electrons. The second-order valence-electron chi connectivity index (χ2n) is 6.05. The molecule has 27 heavy (non-hydrogen) atoms. The van der Waals surface area contributed by atoms with Crippen molar-refractivity contribution in [2.45, 2.75) is 24.1 Å². The Labute approximate surface area is 160 Å². The molecule has 0 aliphatic rings. The van der Waals surface area contributed by atoms with Crippen molar-refractivity contribution in [1.29, 1.82) is 0 Å². The first kappa shape index (κ1) is 18.9. The van der Waals surface area contributed by atoms with Crippen molar-refractivity contribution in [2.24, 2.45) is 0 Å². The minimum absolute atomic E-state index is 0.209. The van der Waals surface area contributed by atoms with E-state index in [0.717, 1.165) is 21.8 Å². The van der Waals surface area contributed by atoms with Crippen molar-refractivity contribution < 1.29 is 18.2 Å². The third-order valence-electron chi connectivity index (χ3n) is 4.11. The summed E-state index contributed by atoms with van der Waals surface area (Å²) in [4.78, 5) is 13.0. The van der Waals surface area contributed by atoms with E-state index >= 15 is 0 Å². The van der Waals surface area contributed by atoms with Gasteiger partial charge in [-0.2, -0.15) is 0 Å². The van der Waals surface area contributed by atoms with E-state index in [9.17, 15) is 9.00 Å². The van der Waals surface area contributed by atoms with Gasteiger partial charge in [-0.05, 0) is 48.4 Å². The lowest BCUT2D eigenvalue weighted by molar-refractivity contribution is 0.0921. The molecule has 6 heteroatoms.